The molecule has 0 aliphatic carbocycles. The van der Waals surface area contributed by atoms with Gasteiger partial charge in [-0.15, -0.1) is 0 Å². The monoisotopic (exact) mass is 373 g/mol. The van der Waals surface area contributed by atoms with Gasteiger partial charge in [0.15, 0.2) is 5.96 Å². The van der Waals surface area contributed by atoms with E-state index in [1.165, 1.54) is 0 Å². The number of rotatable bonds is 10. The smallest absolute Gasteiger partial charge is 0.408 e. The summed E-state index contributed by atoms with van der Waals surface area (Å²) < 4.78 is 5.21. The molecule has 0 radical (unpaired) electrons. The van der Waals surface area contributed by atoms with E-state index in [1.807, 2.05) is 13.8 Å². The molecule has 0 aromatic rings. The molecule has 9 nitrogen and oxygen atoms in total. The van der Waals surface area contributed by atoms with E-state index in [0.717, 1.165) is 0 Å². The Labute approximate surface area is 155 Å². The summed E-state index contributed by atoms with van der Waals surface area (Å²) in [5, 5.41) is 24.6. The van der Waals surface area contributed by atoms with Crippen molar-refractivity contribution in [1.82, 2.24) is 16.0 Å². The van der Waals surface area contributed by atoms with E-state index in [-0.39, 0.29) is 24.4 Å². The molecule has 7 N–H and O–H groups in total. The zero-order valence-corrected chi connectivity index (χ0v) is 16.5. The molecule has 0 bridgehead atoms. The van der Waals surface area contributed by atoms with Gasteiger partial charge in [0.05, 0.1) is 12.6 Å². The molecule has 0 fully saturated rings. The number of hydrogen-bond acceptors (Lipinski definition) is 5. The van der Waals surface area contributed by atoms with Crippen LogP contribution in [-0.2, 0) is 9.53 Å². The lowest BCUT2D eigenvalue weighted by Gasteiger charge is -2.25. The number of carbonyl (C=O) groups excluding carboxylic acids is 2. The maximum atomic E-state index is 12.5. The van der Waals surface area contributed by atoms with Crippen LogP contribution >= 0.6 is 0 Å². The third-order valence-corrected chi connectivity index (χ3v) is 3.33. The molecule has 0 aliphatic heterocycles. The van der Waals surface area contributed by atoms with Crippen molar-refractivity contribution in [2.45, 2.75) is 71.6 Å². The molecule has 0 saturated heterocycles. The molecule has 2 unspecified atom stereocenters. The lowest BCUT2D eigenvalue weighted by Crippen LogP contribution is -2.52. The van der Waals surface area contributed by atoms with Gasteiger partial charge in [-0.3, -0.25) is 10.2 Å². The highest BCUT2D eigenvalue weighted by Gasteiger charge is 2.26. The molecule has 9 heteroatoms. The number of nitrogens with one attached hydrogen (secondary N) is 4. The highest BCUT2D eigenvalue weighted by atomic mass is 16.6. The van der Waals surface area contributed by atoms with Gasteiger partial charge in [0.1, 0.15) is 11.6 Å². The Bertz CT molecular complexity index is 463. The molecule has 2 amide bonds. The number of guanidine groups is 1. The van der Waals surface area contributed by atoms with Gasteiger partial charge in [0, 0.05) is 6.54 Å². The normalized spacial score (nSPS) is 13.7. The predicted octanol–water partition coefficient (Wildman–Crippen LogP) is 0.666. The highest BCUT2D eigenvalue weighted by molar-refractivity contribution is 5.85. The molecule has 0 saturated carbocycles. The number of aliphatic hydroxyl groups excluding tert-OH is 1. The Morgan fingerprint density at radius 3 is 2.31 bits per heavy atom. The largest absolute Gasteiger partial charge is 0.444 e. The summed E-state index contributed by atoms with van der Waals surface area (Å²) in [4.78, 5) is 24.5. The van der Waals surface area contributed by atoms with Crippen molar-refractivity contribution in [1.29, 1.82) is 5.41 Å². The van der Waals surface area contributed by atoms with E-state index in [2.05, 4.69) is 16.0 Å². The molecular weight excluding hydrogens is 338 g/mol. The number of nitrogens with two attached hydrogens (primary N) is 1. The fraction of sp³-hybridized carbons (Fsp3) is 0.824. The second-order valence-corrected chi connectivity index (χ2v) is 7.70. The topological polar surface area (TPSA) is 150 Å². The molecule has 0 heterocycles. The molecule has 0 spiro atoms. The molecule has 26 heavy (non-hydrogen) atoms. The first kappa shape index (κ1) is 24.0. The van der Waals surface area contributed by atoms with Crippen molar-refractivity contribution >= 4 is 18.0 Å². The zero-order valence-electron chi connectivity index (χ0n) is 16.5. The molecule has 0 aliphatic rings. The van der Waals surface area contributed by atoms with Crippen LogP contribution in [0.25, 0.3) is 0 Å². The number of amides is 2. The lowest BCUT2D eigenvalue weighted by atomic mass is 10.0. The first-order valence-electron chi connectivity index (χ1n) is 8.93. The third kappa shape index (κ3) is 12.3. The number of hydrogen-bond donors (Lipinski definition) is 6. The third-order valence-electron chi connectivity index (χ3n) is 3.33. The maximum Gasteiger partial charge on any atom is 0.408 e. The van der Waals surface area contributed by atoms with E-state index in [0.29, 0.717) is 25.8 Å². The van der Waals surface area contributed by atoms with Crippen LogP contribution in [0.15, 0.2) is 0 Å². The summed E-state index contributed by atoms with van der Waals surface area (Å²) in [6.45, 7) is 9.42. The van der Waals surface area contributed by atoms with Gasteiger partial charge in [-0.25, -0.2) is 4.79 Å². The van der Waals surface area contributed by atoms with Crippen molar-refractivity contribution in [3.05, 3.63) is 0 Å². The van der Waals surface area contributed by atoms with Gasteiger partial charge >= 0.3 is 6.09 Å². The van der Waals surface area contributed by atoms with Crippen LogP contribution in [0.2, 0.25) is 0 Å². The Kier molecular flexibility index (Phi) is 10.7. The average molecular weight is 373 g/mol. The SMILES string of the molecule is CC(C)CC(NC(=O)OC(C)(C)C)C(=O)NC(CO)CCCNC(=N)N. The van der Waals surface area contributed by atoms with Crippen LogP contribution in [0.1, 0.15) is 53.9 Å². The van der Waals surface area contributed by atoms with E-state index >= 15 is 0 Å². The Balaban J connectivity index is 4.68. The number of alkyl carbamates (subject to hydrolysis) is 1. The number of ether oxygens (including phenoxy) is 1. The number of carbonyl (C=O) groups is 2. The molecule has 0 aromatic carbocycles. The van der Waals surface area contributed by atoms with Crippen molar-refractivity contribution in [2.24, 2.45) is 11.7 Å². The van der Waals surface area contributed by atoms with Gasteiger partial charge in [-0.2, -0.15) is 0 Å². The van der Waals surface area contributed by atoms with E-state index < -0.39 is 23.8 Å². The minimum atomic E-state index is -0.741. The summed E-state index contributed by atoms with van der Waals surface area (Å²) in [6, 6.07) is -1.18. The van der Waals surface area contributed by atoms with Crippen molar-refractivity contribution in [2.75, 3.05) is 13.2 Å². The summed E-state index contributed by atoms with van der Waals surface area (Å²) >= 11 is 0. The van der Waals surface area contributed by atoms with E-state index in [9.17, 15) is 14.7 Å². The standard InChI is InChI=1S/C17H35N5O4/c1-11(2)9-13(22-16(25)26-17(3,4)5)14(24)21-12(10-23)7-6-8-20-15(18)19/h11-13,23H,6-10H2,1-5H3,(H,21,24)(H,22,25)(H4,18,19,20). The second kappa shape index (κ2) is 11.6. The minimum absolute atomic E-state index is 0.117. The van der Waals surface area contributed by atoms with Crippen LogP contribution in [0.5, 0.6) is 0 Å². The predicted molar refractivity (Wildman–Crippen MR) is 101 cm³/mol. The average Bonchev–Trinajstić information content (AvgIpc) is 2.46. The van der Waals surface area contributed by atoms with E-state index in [4.69, 9.17) is 15.9 Å². The first-order valence-corrected chi connectivity index (χ1v) is 8.93. The fourth-order valence-electron chi connectivity index (χ4n) is 2.24. The summed E-state index contributed by atoms with van der Waals surface area (Å²) in [7, 11) is 0. The van der Waals surface area contributed by atoms with Crippen LogP contribution in [0.4, 0.5) is 4.79 Å². The molecule has 152 valence electrons. The molecule has 0 rings (SSSR count). The Morgan fingerprint density at radius 2 is 1.85 bits per heavy atom. The summed E-state index contributed by atoms with van der Waals surface area (Å²) in [6.07, 6.45) is 0.947. The molecule has 2 atom stereocenters. The molecular formula is C17H35N5O4. The van der Waals surface area contributed by atoms with Crippen LogP contribution in [0.3, 0.4) is 0 Å². The van der Waals surface area contributed by atoms with Gasteiger partial charge in [-0.05, 0) is 46.0 Å². The highest BCUT2D eigenvalue weighted by Crippen LogP contribution is 2.10. The second-order valence-electron chi connectivity index (χ2n) is 7.70. The van der Waals surface area contributed by atoms with Crippen molar-refractivity contribution in [3.63, 3.8) is 0 Å². The van der Waals surface area contributed by atoms with Crippen molar-refractivity contribution < 1.29 is 19.4 Å². The quantitative estimate of drug-likeness (QED) is 0.188. The van der Waals surface area contributed by atoms with Crippen LogP contribution in [-0.4, -0.2) is 53.9 Å². The fourth-order valence-corrected chi connectivity index (χ4v) is 2.24. The lowest BCUT2D eigenvalue weighted by molar-refractivity contribution is -0.124. The van der Waals surface area contributed by atoms with Gasteiger partial charge in [-0.1, -0.05) is 13.8 Å². The maximum absolute atomic E-state index is 12.5. The van der Waals surface area contributed by atoms with Gasteiger partial charge in [0.2, 0.25) is 5.91 Å². The first-order chi connectivity index (χ1) is 11.9. The van der Waals surface area contributed by atoms with Crippen molar-refractivity contribution in [3.8, 4) is 0 Å². The zero-order chi connectivity index (χ0) is 20.3. The minimum Gasteiger partial charge on any atom is -0.444 e. The number of aliphatic hydroxyl groups is 1. The van der Waals surface area contributed by atoms with Crippen LogP contribution < -0.4 is 21.7 Å². The summed E-state index contributed by atoms with van der Waals surface area (Å²) in [5.41, 5.74) is 4.55. The summed E-state index contributed by atoms with van der Waals surface area (Å²) in [5.74, 6) is -0.288. The Hall–Kier alpha value is -2.03. The van der Waals surface area contributed by atoms with Gasteiger partial charge < -0.3 is 31.5 Å². The Morgan fingerprint density at radius 1 is 1.23 bits per heavy atom. The molecule has 0 aromatic heterocycles. The van der Waals surface area contributed by atoms with Crippen LogP contribution in [0, 0.1) is 11.3 Å². The van der Waals surface area contributed by atoms with E-state index in [1.54, 1.807) is 20.8 Å². The van der Waals surface area contributed by atoms with Gasteiger partial charge in [0.25, 0.3) is 0 Å².